The summed E-state index contributed by atoms with van der Waals surface area (Å²) in [5.74, 6) is -0.887. The van der Waals surface area contributed by atoms with E-state index < -0.39 is 11.9 Å². The van der Waals surface area contributed by atoms with Gasteiger partial charge in [0.15, 0.2) is 0 Å². The van der Waals surface area contributed by atoms with E-state index in [1.807, 2.05) is 0 Å². The third kappa shape index (κ3) is 8.54. The van der Waals surface area contributed by atoms with Crippen molar-refractivity contribution in [2.24, 2.45) is 10.8 Å². The molecule has 8 heteroatoms. The van der Waals surface area contributed by atoms with Gasteiger partial charge in [-0.2, -0.15) is 0 Å². The van der Waals surface area contributed by atoms with E-state index in [0.717, 1.165) is 78.2 Å². The van der Waals surface area contributed by atoms with Gasteiger partial charge >= 0.3 is 11.9 Å². The van der Waals surface area contributed by atoms with Crippen LogP contribution in [-0.2, 0) is 28.4 Å². The summed E-state index contributed by atoms with van der Waals surface area (Å²) in [6.07, 6.45) is 5.20. The van der Waals surface area contributed by atoms with Crippen molar-refractivity contribution in [3.63, 3.8) is 0 Å². The Hall–Kier alpha value is -2.00. The maximum atomic E-state index is 12.4. The van der Waals surface area contributed by atoms with Gasteiger partial charge in [0, 0.05) is 24.0 Å². The Morgan fingerprint density at radius 2 is 1.14 bits per heavy atom. The highest BCUT2D eigenvalue weighted by atomic mass is 16.5. The smallest absolute Gasteiger partial charge is 0.338 e. The number of hydrogen-bond acceptors (Lipinski definition) is 8. The summed E-state index contributed by atoms with van der Waals surface area (Å²) in [6, 6.07) is 6.46. The molecule has 8 nitrogen and oxygen atoms in total. The van der Waals surface area contributed by atoms with Crippen LogP contribution in [0.2, 0.25) is 0 Å². The molecule has 2 aliphatic rings. The quantitative estimate of drug-likeness (QED) is 0.213. The lowest BCUT2D eigenvalue weighted by atomic mass is 9.84. The minimum absolute atomic E-state index is 0.191. The van der Waals surface area contributed by atoms with E-state index in [0.29, 0.717) is 37.6 Å². The molecular weight excluding hydrogens is 464 g/mol. The molecule has 2 heterocycles. The standard InChI is InChI=1S/C28H42O8/c1-3-27(19-33-20-27)17-31-12-5-7-14-35-25(29)23-10-9-11-24(16-23)26(30)36-15-8-6-13-32-18-28(4-2)21-34-22-28/h9-11,16H,3-8,12-15,17-22H2,1-2H3. The number of esters is 2. The molecule has 1 aromatic carbocycles. The second kappa shape index (κ2) is 14.7. The van der Waals surface area contributed by atoms with E-state index in [1.165, 1.54) is 6.07 Å². The largest absolute Gasteiger partial charge is 0.462 e. The zero-order valence-corrected chi connectivity index (χ0v) is 21.9. The van der Waals surface area contributed by atoms with Gasteiger partial charge in [-0.1, -0.05) is 19.9 Å². The summed E-state index contributed by atoms with van der Waals surface area (Å²) in [4.78, 5) is 24.7. The van der Waals surface area contributed by atoms with Gasteiger partial charge in [0.1, 0.15) is 0 Å². The van der Waals surface area contributed by atoms with Crippen molar-refractivity contribution in [1.29, 1.82) is 0 Å². The predicted octanol–water partition coefficient (Wildman–Crippen LogP) is 4.45. The first-order valence-corrected chi connectivity index (χ1v) is 13.3. The van der Waals surface area contributed by atoms with E-state index in [9.17, 15) is 9.59 Å². The van der Waals surface area contributed by atoms with E-state index >= 15 is 0 Å². The second-order valence-corrected chi connectivity index (χ2v) is 10.1. The van der Waals surface area contributed by atoms with Crippen molar-refractivity contribution in [3.05, 3.63) is 35.4 Å². The summed E-state index contributed by atoms with van der Waals surface area (Å²) in [6.45, 7) is 10.8. The van der Waals surface area contributed by atoms with Crippen molar-refractivity contribution in [2.75, 3.05) is 66.1 Å². The number of rotatable bonds is 18. The number of benzene rings is 1. The molecule has 2 saturated heterocycles. The maximum absolute atomic E-state index is 12.4. The lowest BCUT2D eigenvalue weighted by Gasteiger charge is -2.40. The molecule has 0 atom stereocenters. The molecule has 0 unspecified atom stereocenters. The van der Waals surface area contributed by atoms with Crippen molar-refractivity contribution >= 4 is 11.9 Å². The van der Waals surface area contributed by atoms with Crippen LogP contribution in [0, 0.1) is 10.8 Å². The predicted molar refractivity (Wildman–Crippen MR) is 134 cm³/mol. The summed E-state index contributed by atoms with van der Waals surface area (Å²) in [7, 11) is 0. The van der Waals surface area contributed by atoms with Gasteiger partial charge in [0.25, 0.3) is 0 Å². The van der Waals surface area contributed by atoms with Crippen molar-refractivity contribution < 1.29 is 38.0 Å². The Labute approximate surface area is 214 Å². The number of hydrogen-bond donors (Lipinski definition) is 0. The zero-order valence-electron chi connectivity index (χ0n) is 21.9. The third-order valence-corrected chi connectivity index (χ3v) is 7.12. The first-order chi connectivity index (χ1) is 17.5. The van der Waals surface area contributed by atoms with Gasteiger partial charge in [-0.25, -0.2) is 9.59 Å². The third-order valence-electron chi connectivity index (χ3n) is 7.12. The molecule has 0 amide bonds. The minimum Gasteiger partial charge on any atom is -0.462 e. The SMILES string of the molecule is CCC1(COCCCCOC(=O)c2cccc(C(=O)OCCCCOCC3(CC)COC3)c2)COC1. The number of unbranched alkanes of at least 4 members (excludes halogenated alkanes) is 2. The summed E-state index contributed by atoms with van der Waals surface area (Å²) >= 11 is 0. The molecule has 1 aromatic rings. The van der Waals surface area contributed by atoms with Gasteiger partial charge in [-0.15, -0.1) is 0 Å². The van der Waals surface area contributed by atoms with Gasteiger partial charge in [-0.05, 0) is 56.7 Å². The van der Waals surface area contributed by atoms with Crippen LogP contribution >= 0.6 is 0 Å². The number of carbonyl (C=O) groups excluding carboxylic acids is 2. The Morgan fingerprint density at radius 1 is 0.722 bits per heavy atom. The lowest BCUT2D eigenvalue weighted by molar-refractivity contribution is -0.150. The zero-order chi connectivity index (χ0) is 25.7. The fourth-order valence-corrected chi connectivity index (χ4v) is 4.02. The first-order valence-electron chi connectivity index (χ1n) is 13.3. The topological polar surface area (TPSA) is 89.5 Å². The Morgan fingerprint density at radius 3 is 1.50 bits per heavy atom. The molecule has 202 valence electrons. The fraction of sp³-hybridized carbons (Fsp3) is 0.714. The fourth-order valence-electron chi connectivity index (χ4n) is 4.02. The maximum Gasteiger partial charge on any atom is 0.338 e. The minimum atomic E-state index is -0.444. The van der Waals surface area contributed by atoms with Crippen LogP contribution in [0.3, 0.4) is 0 Å². The van der Waals surface area contributed by atoms with Crippen LogP contribution in [-0.4, -0.2) is 78.0 Å². The molecule has 2 aliphatic heterocycles. The molecule has 0 saturated carbocycles. The molecule has 0 spiro atoms. The first kappa shape index (κ1) is 28.6. The van der Waals surface area contributed by atoms with E-state index in [4.69, 9.17) is 28.4 Å². The molecule has 36 heavy (non-hydrogen) atoms. The molecule has 2 fully saturated rings. The van der Waals surface area contributed by atoms with Crippen molar-refractivity contribution in [2.45, 2.75) is 52.4 Å². The van der Waals surface area contributed by atoms with Crippen molar-refractivity contribution in [3.8, 4) is 0 Å². The molecule has 0 aliphatic carbocycles. The number of ether oxygens (including phenoxy) is 6. The molecule has 0 bridgehead atoms. The average Bonchev–Trinajstić information content (AvgIpc) is 2.85. The highest BCUT2D eigenvalue weighted by Crippen LogP contribution is 2.32. The summed E-state index contributed by atoms with van der Waals surface area (Å²) < 4.78 is 32.8. The molecule has 0 N–H and O–H groups in total. The van der Waals surface area contributed by atoms with Crippen LogP contribution in [0.1, 0.15) is 73.1 Å². The van der Waals surface area contributed by atoms with Crippen LogP contribution in [0.5, 0.6) is 0 Å². The summed E-state index contributed by atoms with van der Waals surface area (Å²) in [5.41, 5.74) is 1.06. The van der Waals surface area contributed by atoms with Gasteiger partial charge < -0.3 is 28.4 Å². The highest BCUT2D eigenvalue weighted by molar-refractivity contribution is 5.95. The Balaban J connectivity index is 1.24. The van der Waals surface area contributed by atoms with Gasteiger partial charge in [-0.3, -0.25) is 0 Å². The van der Waals surface area contributed by atoms with E-state index in [-0.39, 0.29) is 10.8 Å². The number of carbonyl (C=O) groups is 2. The average molecular weight is 507 g/mol. The highest BCUT2D eigenvalue weighted by Gasteiger charge is 2.37. The molecule has 3 rings (SSSR count). The van der Waals surface area contributed by atoms with Gasteiger partial charge in [0.2, 0.25) is 0 Å². The molecule has 0 radical (unpaired) electrons. The Kier molecular flexibility index (Phi) is 11.6. The van der Waals surface area contributed by atoms with E-state index in [2.05, 4.69) is 13.8 Å². The Bertz CT molecular complexity index is 741. The molecule has 0 aromatic heterocycles. The monoisotopic (exact) mass is 506 g/mol. The van der Waals surface area contributed by atoms with Crippen LogP contribution in [0.15, 0.2) is 24.3 Å². The van der Waals surface area contributed by atoms with Crippen LogP contribution in [0.25, 0.3) is 0 Å². The lowest BCUT2D eigenvalue weighted by Crippen LogP contribution is -2.45. The van der Waals surface area contributed by atoms with E-state index in [1.54, 1.807) is 18.2 Å². The summed E-state index contributed by atoms with van der Waals surface area (Å²) in [5, 5.41) is 0. The second-order valence-electron chi connectivity index (χ2n) is 10.1. The van der Waals surface area contributed by atoms with Crippen LogP contribution < -0.4 is 0 Å². The normalized spacial score (nSPS) is 17.6. The van der Waals surface area contributed by atoms with Crippen LogP contribution in [0.4, 0.5) is 0 Å². The van der Waals surface area contributed by atoms with Gasteiger partial charge in [0.05, 0.1) is 64.0 Å². The van der Waals surface area contributed by atoms with Crippen molar-refractivity contribution in [1.82, 2.24) is 0 Å². The molecular formula is C28H42O8.